The second-order valence-corrected chi connectivity index (χ2v) is 7.74. The summed E-state index contributed by atoms with van der Waals surface area (Å²) in [6, 6.07) is 7.86. The molecule has 2 N–H and O–H groups in total. The van der Waals surface area contributed by atoms with Crippen molar-refractivity contribution in [3.8, 4) is 0 Å². The van der Waals surface area contributed by atoms with Crippen LogP contribution in [0.3, 0.4) is 0 Å². The maximum absolute atomic E-state index is 6.28. The van der Waals surface area contributed by atoms with Crippen molar-refractivity contribution < 1.29 is 0 Å². The maximum Gasteiger partial charge on any atom is 0.104 e. The second-order valence-electron chi connectivity index (χ2n) is 4.60. The van der Waals surface area contributed by atoms with E-state index in [1.54, 1.807) is 11.3 Å². The number of halogens is 2. The van der Waals surface area contributed by atoms with Gasteiger partial charge in [0.25, 0.3) is 0 Å². The van der Waals surface area contributed by atoms with Crippen LogP contribution in [0.25, 0.3) is 0 Å². The van der Waals surface area contributed by atoms with Gasteiger partial charge in [0, 0.05) is 23.7 Å². The summed E-state index contributed by atoms with van der Waals surface area (Å²) >= 11 is 16.4. The summed E-state index contributed by atoms with van der Waals surface area (Å²) in [5.41, 5.74) is 8.77. The van der Waals surface area contributed by atoms with E-state index in [1.165, 1.54) is 5.56 Å². The van der Waals surface area contributed by atoms with Crippen molar-refractivity contribution in [2.45, 2.75) is 13.1 Å². The van der Waals surface area contributed by atoms with Gasteiger partial charge in [0.1, 0.15) is 4.99 Å². The average Bonchev–Trinajstić information content (AvgIpc) is 2.77. The number of rotatable bonds is 5. The number of hydrogen-bond donors (Lipinski definition) is 1. The zero-order chi connectivity index (χ0) is 14.7. The van der Waals surface area contributed by atoms with Crippen molar-refractivity contribution in [2.75, 3.05) is 7.05 Å². The second kappa shape index (κ2) is 7.00. The van der Waals surface area contributed by atoms with Crippen molar-refractivity contribution in [1.29, 1.82) is 0 Å². The fourth-order valence-corrected chi connectivity index (χ4v) is 3.48. The lowest BCUT2D eigenvalue weighted by molar-refractivity contribution is 0.319. The molecule has 20 heavy (non-hydrogen) atoms. The topological polar surface area (TPSA) is 29.3 Å². The summed E-state index contributed by atoms with van der Waals surface area (Å²) < 4.78 is 1.15. The third-order valence-corrected chi connectivity index (χ3v) is 4.99. The third-order valence-electron chi connectivity index (χ3n) is 2.85. The first kappa shape index (κ1) is 15.9. The van der Waals surface area contributed by atoms with Gasteiger partial charge < -0.3 is 5.73 Å². The highest BCUT2D eigenvalue weighted by Crippen LogP contribution is 2.23. The fourth-order valence-electron chi connectivity index (χ4n) is 1.92. The molecule has 0 spiro atoms. The van der Waals surface area contributed by atoms with E-state index in [0.717, 1.165) is 28.0 Å². The molecule has 1 aromatic heterocycles. The number of benzene rings is 1. The minimum Gasteiger partial charge on any atom is -0.389 e. The van der Waals surface area contributed by atoms with Gasteiger partial charge >= 0.3 is 0 Å². The number of hydrogen-bond acceptors (Lipinski definition) is 3. The van der Waals surface area contributed by atoms with Gasteiger partial charge in [-0.2, -0.15) is 0 Å². The molecule has 0 saturated heterocycles. The Kier molecular flexibility index (Phi) is 5.57. The van der Waals surface area contributed by atoms with Crippen LogP contribution in [0.5, 0.6) is 0 Å². The first-order valence-electron chi connectivity index (χ1n) is 5.95. The van der Waals surface area contributed by atoms with Crippen LogP contribution in [0, 0.1) is 0 Å². The van der Waals surface area contributed by atoms with Gasteiger partial charge in [0.05, 0.1) is 3.79 Å². The van der Waals surface area contributed by atoms with Crippen LogP contribution in [-0.2, 0) is 13.1 Å². The van der Waals surface area contributed by atoms with Crippen molar-refractivity contribution in [1.82, 2.24) is 4.90 Å². The van der Waals surface area contributed by atoms with Crippen LogP contribution >= 0.6 is 51.1 Å². The molecule has 1 heterocycles. The molecule has 0 aliphatic heterocycles. The SMILES string of the molecule is CN(Cc1csc(Br)c1)Cc1ccc(C(N)=S)cc1Cl. The lowest BCUT2D eigenvalue weighted by Gasteiger charge is -2.17. The molecule has 0 radical (unpaired) electrons. The van der Waals surface area contributed by atoms with Crippen LogP contribution in [0.15, 0.2) is 33.4 Å². The first-order chi connectivity index (χ1) is 9.45. The Morgan fingerprint density at radius 1 is 1.40 bits per heavy atom. The predicted octanol–water partition coefficient (Wildman–Crippen LogP) is 4.43. The number of nitrogens with two attached hydrogens (primary N) is 1. The summed E-state index contributed by atoms with van der Waals surface area (Å²) in [5, 5.41) is 2.85. The maximum atomic E-state index is 6.28. The summed E-state index contributed by atoms with van der Waals surface area (Å²) in [6.07, 6.45) is 0. The fraction of sp³-hybridized carbons (Fsp3) is 0.214. The Balaban J connectivity index is 2.04. The van der Waals surface area contributed by atoms with Gasteiger partial charge in [-0.3, -0.25) is 4.90 Å². The summed E-state index contributed by atoms with van der Waals surface area (Å²) in [6.45, 7) is 1.67. The van der Waals surface area contributed by atoms with Crippen molar-refractivity contribution >= 4 is 56.1 Å². The number of nitrogens with zero attached hydrogens (tertiary/aromatic N) is 1. The largest absolute Gasteiger partial charge is 0.389 e. The highest BCUT2D eigenvalue weighted by atomic mass is 79.9. The standard InChI is InChI=1S/C14H14BrClN2S2/c1-18(6-9-4-13(15)20-8-9)7-11-3-2-10(14(17)19)5-12(11)16/h2-5,8H,6-7H2,1H3,(H2,17,19). The summed E-state index contributed by atoms with van der Waals surface area (Å²) in [5.74, 6) is 0. The van der Waals surface area contributed by atoms with E-state index in [0.29, 0.717) is 10.0 Å². The van der Waals surface area contributed by atoms with E-state index < -0.39 is 0 Å². The Bertz CT molecular complexity index is 627. The van der Waals surface area contributed by atoms with Gasteiger partial charge in [-0.15, -0.1) is 11.3 Å². The Labute approximate surface area is 141 Å². The summed E-state index contributed by atoms with van der Waals surface area (Å²) in [4.78, 5) is 2.59. The quantitative estimate of drug-likeness (QED) is 0.767. The molecule has 0 aliphatic carbocycles. The molecule has 0 amide bonds. The lowest BCUT2D eigenvalue weighted by Crippen LogP contribution is -2.17. The zero-order valence-electron chi connectivity index (χ0n) is 10.9. The molecule has 0 aliphatic rings. The molecule has 0 fully saturated rings. The zero-order valence-corrected chi connectivity index (χ0v) is 14.9. The van der Waals surface area contributed by atoms with E-state index in [9.17, 15) is 0 Å². The van der Waals surface area contributed by atoms with E-state index in [2.05, 4.69) is 39.3 Å². The van der Waals surface area contributed by atoms with E-state index in [-0.39, 0.29) is 0 Å². The monoisotopic (exact) mass is 388 g/mol. The van der Waals surface area contributed by atoms with Crippen LogP contribution in [-0.4, -0.2) is 16.9 Å². The minimum atomic E-state index is 0.370. The van der Waals surface area contributed by atoms with E-state index in [4.69, 9.17) is 29.6 Å². The number of thiocarbonyl (C=S) groups is 1. The van der Waals surface area contributed by atoms with Gasteiger partial charge in [-0.25, -0.2) is 0 Å². The molecule has 0 unspecified atom stereocenters. The Morgan fingerprint density at radius 3 is 2.70 bits per heavy atom. The lowest BCUT2D eigenvalue weighted by atomic mass is 10.1. The molecule has 0 bridgehead atoms. The van der Waals surface area contributed by atoms with Crippen LogP contribution in [0.1, 0.15) is 16.7 Å². The molecule has 1 aromatic carbocycles. The molecule has 2 aromatic rings. The molecule has 6 heteroatoms. The van der Waals surface area contributed by atoms with Crippen LogP contribution < -0.4 is 5.73 Å². The molecule has 2 rings (SSSR count). The highest BCUT2D eigenvalue weighted by Gasteiger charge is 2.08. The molecule has 2 nitrogen and oxygen atoms in total. The summed E-state index contributed by atoms with van der Waals surface area (Å²) in [7, 11) is 2.07. The minimum absolute atomic E-state index is 0.370. The smallest absolute Gasteiger partial charge is 0.104 e. The highest BCUT2D eigenvalue weighted by molar-refractivity contribution is 9.11. The van der Waals surface area contributed by atoms with Gasteiger partial charge in [-0.05, 0) is 51.6 Å². The Hall–Kier alpha value is -0.460. The van der Waals surface area contributed by atoms with Crippen molar-refractivity contribution in [3.63, 3.8) is 0 Å². The van der Waals surface area contributed by atoms with E-state index in [1.807, 2.05) is 18.2 Å². The molecular weight excluding hydrogens is 376 g/mol. The van der Waals surface area contributed by atoms with Gasteiger partial charge in [-0.1, -0.05) is 36.0 Å². The van der Waals surface area contributed by atoms with E-state index >= 15 is 0 Å². The Morgan fingerprint density at radius 2 is 2.15 bits per heavy atom. The first-order valence-corrected chi connectivity index (χ1v) is 8.41. The van der Waals surface area contributed by atoms with Gasteiger partial charge in [0.2, 0.25) is 0 Å². The van der Waals surface area contributed by atoms with Crippen LogP contribution in [0.2, 0.25) is 5.02 Å². The molecule has 0 saturated carbocycles. The molecule has 106 valence electrons. The average molecular weight is 390 g/mol. The molecule has 0 atom stereocenters. The third kappa shape index (κ3) is 4.27. The molecular formula is C14H14BrClN2S2. The van der Waals surface area contributed by atoms with Crippen LogP contribution in [0.4, 0.5) is 0 Å². The normalized spacial score (nSPS) is 11.0. The van der Waals surface area contributed by atoms with Crippen molar-refractivity contribution in [2.24, 2.45) is 5.73 Å². The van der Waals surface area contributed by atoms with Gasteiger partial charge in [0.15, 0.2) is 0 Å². The number of thiophene rings is 1. The van der Waals surface area contributed by atoms with Crippen molar-refractivity contribution in [3.05, 3.63) is 55.1 Å². The predicted molar refractivity (Wildman–Crippen MR) is 94.5 cm³/mol.